The van der Waals surface area contributed by atoms with Crippen LogP contribution < -0.4 is 10.2 Å². The van der Waals surface area contributed by atoms with Gasteiger partial charge in [-0.05, 0) is 12.1 Å². The first kappa shape index (κ1) is 13.7. The third-order valence-corrected chi connectivity index (χ3v) is 3.95. The number of anilines is 1. The fraction of sp³-hybridized carbons (Fsp3) is 0.250. The summed E-state index contributed by atoms with van der Waals surface area (Å²) in [5.74, 6) is 0.966. The van der Waals surface area contributed by atoms with Crippen LogP contribution in [0.2, 0.25) is 0 Å². The standard InChI is InChI=1S/C16H15N7/c17-8-12-11-23-14(9-20-16(23)10-19-12)13-2-1-3-15(21-13)22-6-4-18-5-7-22/h1-3,9-11,18H,4-7H2. The van der Waals surface area contributed by atoms with Crippen LogP contribution >= 0.6 is 0 Å². The SMILES string of the molecule is N#Cc1cn2c(-c3cccc(N4CCNCC4)n3)cnc2cn1. The van der Waals surface area contributed by atoms with Gasteiger partial charge in [-0.15, -0.1) is 0 Å². The lowest BCUT2D eigenvalue weighted by Gasteiger charge is -2.28. The minimum absolute atomic E-state index is 0.356. The molecule has 0 amide bonds. The second-order valence-electron chi connectivity index (χ2n) is 5.37. The Morgan fingerprint density at radius 1 is 1.13 bits per heavy atom. The normalized spacial score (nSPS) is 14.8. The number of fused-ring (bicyclic) bond motifs is 1. The highest BCUT2D eigenvalue weighted by Gasteiger charge is 2.14. The van der Waals surface area contributed by atoms with Crippen LogP contribution in [0.15, 0.2) is 36.8 Å². The Morgan fingerprint density at radius 3 is 2.83 bits per heavy atom. The molecule has 1 aliphatic heterocycles. The first-order chi connectivity index (χ1) is 11.3. The number of pyridine rings is 1. The summed E-state index contributed by atoms with van der Waals surface area (Å²) in [7, 11) is 0. The second-order valence-corrected chi connectivity index (χ2v) is 5.37. The molecule has 0 saturated carbocycles. The number of rotatable bonds is 2. The van der Waals surface area contributed by atoms with Gasteiger partial charge in [0, 0.05) is 32.4 Å². The summed E-state index contributed by atoms with van der Waals surface area (Å²) in [5, 5.41) is 12.4. The summed E-state index contributed by atoms with van der Waals surface area (Å²) >= 11 is 0. The number of piperazine rings is 1. The highest BCUT2D eigenvalue weighted by atomic mass is 15.2. The average Bonchev–Trinajstić information content (AvgIpc) is 3.05. The summed E-state index contributed by atoms with van der Waals surface area (Å²) in [6, 6.07) is 8.05. The Bertz CT molecular complexity index is 887. The van der Waals surface area contributed by atoms with Crippen LogP contribution in [0.3, 0.4) is 0 Å². The monoisotopic (exact) mass is 305 g/mol. The molecule has 0 radical (unpaired) electrons. The van der Waals surface area contributed by atoms with Crippen molar-refractivity contribution in [1.82, 2.24) is 24.7 Å². The maximum Gasteiger partial charge on any atom is 0.157 e. The van der Waals surface area contributed by atoms with Crippen LogP contribution in [0, 0.1) is 11.3 Å². The van der Waals surface area contributed by atoms with E-state index in [1.165, 1.54) is 0 Å². The predicted molar refractivity (Wildman–Crippen MR) is 86.0 cm³/mol. The van der Waals surface area contributed by atoms with Crippen molar-refractivity contribution >= 4 is 11.5 Å². The van der Waals surface area contributed by atoms with Crippen molar-refractivity contribution in [2.24, 2.45) is 0 Å². The zero-order valence-corrected chi connectivity index (χ0v) is 12.5. The second kappa shape index (κ2) is 5.66. The maximum atomic E-state index is 9.04. The molecule has 0 aromatic carbocycles. The highest BCUT2D eigenvalue weighted by molar-refractivity contribution is 5.62. The van der Waals surface area contributed by atoms with Gasteiger partial charge in [-0.25, -0.2) is 15.0 Å². The molecule has 4 rings (SSSR count). The molecular weight excluding hydrogens is 290 g/mol. The molecule has 0 atom stereocenters. The first-order valence-electron chi connectivity index (χ1n) is 7.51. The van der Waals surface area contributed by atoms with Gasteiger partial charge >= 0.3 is 0 Å². The van der Waals surface area contributed by atoms with Crippen LogP contribution in [0.5, 0.6) is 0 Å². The zero-order valence-electron chi connectivity index (χ0n) is 12.5. The molecule has 0 unspecified atom stereocenters. The van der Waals surface area contributed by atoms with Gasteiger partial charge < -0.3 is 10.2 Å². The number of aromatic nitrogens is 4. The fourth-order valence-electron chi connectivity index (χ4n) is 2.77. The molecule has 7 nitrogen and oxygen atoms in total. The molecule has 7 heteroatoms. The molecule has 0 aliphatic carbocycles. The van der Waals surface area contributed by atoms with E-state index in [2.05, 4.69) is 26.3 Å². The fourth-order valence-corrected chi connectivity index (χ4v) is 2.77. The van der Waals surface area contributed by atoms with Gasteiger partial charge in [0.25, 0.3) is 0 Å². The van der Waals surface area contributed by atoms with E-state index in [4.69, 9.17) is 10.2 Å². The average molecular weight is 305 g/mol. The molecule has 1 aliphatic rings. The van der Waals surface area contributed by atoms with Crippen LogP contribution in [0.25, 0.3) is 17.0 Å². The third kappa shape index (κ3) is 2.49. The molecule has 3 aromatic rings. The van der Waals surface area contributed by atoms with E-state index in [1.807, 2.05) is 22.6 Å². The smallest absolute Gasteiger partial charge is 0.157 e. The van der Waals surface area contributed by atoms with E-state index in [1.54, 1.807) is 18.6 Å². The topological polar surface area (TPSA) is 82.1 Å². The van der Waals surface area contributed by atoms with Crippen LogP contribution in [0.1, 0.15) is 5.69 Å². The van der Waals surface area contributed by atoms with E-state index in [9.17, 15) is 0 Å². The number of nitriles is 1. The van der Waals surface area contributed by atoms with Crippen molar-refractivity contribution in [2.45, 2.75) is 0 Å². The summed E-state index contributed by atoms with van der Waals surface area (Å²) < 4.78 is 1.86. The van der Waals surface area contributed by atoms with Crippen molar-refractivity contribution in [3.63, 3.8) is 0 Å². The number of nitrogens with zero attached hydrogens (tertiary/aromatic N) is 6. The lowest BCUT2D eigenvalue weighted by molar-refractivity contribution is 0.585. The van der Waals surface area contributed by atoms with Crippen LogP contribution in [-0.4, -0.2) is 45.5 Å². The Morgan fingerprint density at radius 2 is 2.00 bits per heavy atom. The molecule has 0 spiro atoms. The minimum atomic E-state index is 0.356. The van der Waals surface area contributed by atoms with E-state index in [-0.39, 0.29) is 0 Å². The molecule has 23 heavy (non-hydrogen) atoms. The predicted octanol–water partition coefficient (Wildman–Crippen LogP) is 1.07. The van der Waals surface area contributed by atoms with Crippen LogP contribution in [0.4, 0.5) is 5.82 Å². The van der Waals surface area contributed by atoms with E-state index in [0.717, 1.165) is 43.4 Å². The lowest BCUT2D eigenvalue weighted by atomic mass is 10.2. The molecule has 3 aromatic heterocycles. The van der Waals surface area contributed by atoms with E-state index >= 15 is 0 Å². The van der Waals surface area contributed by atoms with Gasteiger partial charge in [-0.3, -0.25) is 4.40 Å². The minimum Gasteiger partial charge on any atom is -0.354 e. The van der Waals surface area contributed by atoms with Gasteiger partial charge in [0.1, 0.15) is 11.9 Å². The maximum absolute atomic E-state index is 9.04. The molecule has 1 N–H and O–H groups in total. The molecule has 114 valence electrons. The number of hydrogen-bond donors (Lipinski definition) is 1. The highest BCUT2D eigenvalue weighted by Crippen LogP contribution is 2.22. The van der Waals surface area contributed by atoms with Crippen molar-refractivity contribution in [1.29, 1.82) is 5.26 Å². The number of hydrogen-bond acceptors (Lipinski definition) is 6. The lowest BCUT2D eigenvalue weighted by Crippen LogP contribution is -2.43. The zero-order chi connectivity index (χ0) is 15.6. The third-order valence-electron chi connectivity index (χ3n) is 3.95. The van der Waals surface area contributed by atoms with Crippen molar-refractivity contribution in [3.05, 3.63) is 42.5 Å². The van der Waals surface area contributed by atoms with Gasteiger partial charge in [0.2, 0.25) is 0 Å². The van der Waals surface area contributed by atoms with Gasteiger partial charge in [-0.2, -0.15) is 5.26 Å². The van der Waals surface area contributed by atoms with Crippen molar-refractivity contribution in [3.8, 4) is 17.5 Å². The summed E-state index contributed by atoms with van der Waals surface area (Å²) in [5.41, 5.74) is 2.75. The van der Waals surface area contributed by atoms with Crippen molar-refractivity contribution < 1.29 is 0 Å². The Labute approximate surface area is 133 Å². The molecule has 1 saturated heterocycles. The summed E-state index contributed by atoms with van der Waals surface area (Å²) in [4.78, 5) is 15.4. The van der Waals surface area contributed by atoms with Gasteiger partial charge in [-0.1, -0.05) is 6.07 Å². The first-order valence-corrected chi connectivity index (χ1v) is 7.51. The number of imidazole rings is 1. The van der Waals surface area contributed by atoms with Crippen molar-refractivity contribution in [2.75, 3.05) is 31.1 Å². The van der Waals surface area contributed by atoms with Gasteiger partial charge in [0.05, 0.1) is 23.8 Å². The Balaban J connectivity index is 1.77. The molecule has 4 heterocycles. The number of nitrogens with one attached hydrogen (secondary N) is 1. The summed E-state index contributed by atoms with van der Waals surface area (Å²) in [6.45, 7) is 3.84. The van der Waals surface area contributed by atoms with Gasteiger partial charge in [0.15, 0.2) is 11.3 Å². The molecular formula is C16H15N7. The largest absolute Gasteiger partial charge is 0.354 e. The Hall–Kier alpha value is -2.98. The molecule has 1 fully saturated rings. The quantitative estimate of drug-likeness (QED) is 0.763. The summed E-state index contributed by atoms with van der Waals surface area (Å²) in [6.07, 6.45) is 5.06. The van der Waals surface area contributed by atoms with Crippen LogP contribution in [-0.2, 0) is 0 Å². The Kier molecular flexibility index (Phi) is 3.37. The van der Waals surface area contributed by atoms with E-state index < -0.39 is 0 Å². The van der Waals surface area contributed by atoms with E-state index in [0.29, 0.717) is 11.3 Å². The molecule has 0 bridgehead atoms.